The summed E-state index contributed by atoms with van der Waals surface area (Å²) in [5.74, 6) is -0.00425. The lowest BCUT2D eigenvalue weighted by molar-refractivity contribution is -0.115. The summed E-state index contributed by atoms with van der Waals surface area (Å²) in [6.07, 6.45) is 0. The van der Waals surface area contributed by atoms with Gasteiger partial charge in [0.25, 0.3) is 0 Å². The summed E-state index contributed by atoms with van der Waals surface area (Å²) < 4.78 is 0. The topological polar surface area (TPSA) is 49.7 Å². The quantitative estimate of drug-likeness (QED) is 0.742. The molecule has 1 fully saturated rings. The van der Waals surface area contributed by atoms with Gasteiger partial charge in [-0.3, -0.25) is 14.5 Å². The van der Waals surface area contributed by atoms with Crippen LogP contribution in [0.1, 0.15) is 6.92 Å². The van der Waals surface area contributed by atoms with Crippen molar-refractivity contribution in [1.82, 2.24) is 0 Å². The van der Waals surface area contributed by atoms with Crippen LogP contribution >= 0.6 is 11.8 Å². The number of nitrogens with zero attached hydrogens (tertiary/aromatic N) is 2. The van der Waals surface area contributed by atoms with E-state index in [1.807, 2.05) is 30.3 Å². The van der Waals surface area contributed by atoms with Crippen molar-refractivity contribution in [2.24, 2.45) is 4.99 Å². The third-order valence-corrected chi connectivity index (χ3v) is 2.96. The second-order valence-corrected chi connectivity index (χ2v) is 4.21. The monoisotopic (exact) mass is 234 g/mol. The fraction of sp³-hybridized carbons (Fsp3) is 0.182. The summed E-state index contributed by atoms with van der Waals surface area (Å²) in [7, 11) is 0. The number of hydrogen-bond donors (Lipinski definition) is 0. The molecule has 1 aliphatic heterocycles. The van der Waals surface area contributed by atoms with Gasteiger partial charge in [0.1, 0.15) is 0 Å². The molecule has 0 aliphatic carbocycles. The van der Waals surface area contributed by atoms with E-state index in [-0.39, 0.29) is 11.8 Å². The van der Waals surface area contributed by atoms with E-state index >= 15 is 0 Å². The molecule has 0 bridgehead atoms. The van der Waals surface area contributed by atoms with Crippen molar-refractivity contribution in [3.05, 3.63) is 30.3 Å². The van der Waals surface area contributed by atoms with Gasteiger partial charge in [-0.2, -0.15) is 4.99 Å². The summed E-state index contributed by atoms with van der Waals surface area (Å²) in [4.78, 5) is 27.9. The van der Waals surface area contributed by atoms with Crippen LogP contribution in [0.15, 0.2) is 35.3 Å². The Kier molecular flexibility index (Phi) is 3.05. The number of para-hydroxylation sites is 1. The molecule has 82 valence electrons. The van der Waals surface area contributed by atoms with Crippen molar-refractivity contribution in [2.45, 2.75) is 6.92 Å². The first-order valence-corrected chi connectivity index (χ1v) is 5.77. The van der Waals surface area contributed by atoms with Crippen molar-refractivity contribution in [1.29, 1.82) is 0 Å². The van der Waals surface area contributed by atoms with Gasteiger partial charge in [-0.1, -0.05) is 30.0 Å². The molecule has 2 rings (SSSR count). The average molecular weight is 234 g/mol. The largest absolute Gasteiger partial charge is 0.273 e. The summed E-state index contributed by atoms with van der Waals surface area (Å²) in [6, 6.07) is 9.20. The highest BCUT2D eigenvalue weighted by Gasteiger charge is 2.29. The molecule has 1 saturated heterocycles. The summed E-state index contributed by atoms with van der Waals surface area (Å²) in [5.41, 5.74) is 0.748. The lowest BCUT2D eigenvalue weighted by atomic mass is 10.3. The van der Waals surface area contributed by atoms with E-state index in [4.69, 9.17) is 0 Å². The van der Waals surface area contributed by atoms with E-state index in [9.17, 15) is 9.59 Å². The van der Waals surface area contributed by atoms with Gasteiger partial charge in [-0.25, -0.2) is 0 Å². The molecule has 4 nitrogen and oxygen atoms in total. The Balaban J connectivity index is 2.37. The Morgan fingerprint density at radius 3 is 2.69 bits per heavy atom. The van der Waals surface area contributed by atoms with Gasteiger partial charge < -0.3 is 0 Å². The van der Waals surface area contributed by atoms with Gasteiger partial charge in [-0.05, 0) is 12.1 Å². The molecule has 0 aromatic heterocycles. The molecule has 0 spiro atoms. The molecule has 1 aromatic rings. The molecule has 2 amide bonds. The Labute approximate surface area is 97.4 Å². The number of anilines is 1. The molecule has 0 unspecified atom stereocenters. The SMILES string of the molecule is CC(=O)N=C1SCC(=O)N1c1ccccc1. The van der Waals surface area contributed by atoms with Gasteiger partial charge in [0.05, 0.1) is 11.4 Å². The average Bonchev–Trinajstić information content (AvgIpc) is 2.60. The molecule has 16 heavy (non-hydrogen) atoms. The lowest BCUT2D eigenvalue weighted by Gasteiger charge is -2.15. The fourth-order valence-electron chi connectivity index (χ4n) is 1.41. The number of carbonyl (C=O) groups is 2. The number of aliphatic imine (C=N–C) groups is 1. The molecule has 0 atom stereocenters. The molecule has 1 heterocycles. The van der Waals surface area contributed by atoms with Crippen LogP contribution in [0.4, 0.5) is 5.69 Å². The van der Waals surface area contributed by atoms with Gasteiger partial charge >= 0.3 is 0 Å². The van der Waals surface area contributed by atoms with Crippen LogP contribution in [0.2, 0.25) is 0 Å². The number of hydrogen-bond acceptors (Lipinski definition) is 3. The fourth-order valence-corrected chi connectivity index (χ4v) is 2.32. The Bertz CT molecular complexity index is 456. The highest BCUT2D eigenvalue weighted by molar-refractivity contribution is 8.15. The number of carbonyl (C=O) groups excluding carboxylic acids is 2. The molecule has 1 aromatic carbocycles. The lowest BCUT2D eigenvalue weighted by Crippen LogP contribution is -2.29. The predicted molar refractivity (Wildman–Crippen MR) is 64.5 cm³/mol. The Morgan fingerprint density at radius 1 is 1.38 bits per heavy atom. The molecule has 0 N–H and O–H groups in total. The van der Waals surface area contributed by atoms with E-state index in [1.165, 1.54) is 23.6 Å². The predicted octanol–water partition coefficient (Wildman–Crippen LogP) is 1.67. The first kappa shape index (κ1) is 10.9. The van der Waals surface area contributed by atoms with E-state index < -0.39 is 0 Å². The van der Waals surface area contributed by atoms with E-state index in [1.54, 1.807) is 0 Å². The zero-order valence-electron chi connectivity index (χ0n) is 8.71. The standard InChI is InChI=1S/C11H10N2O2S/c1-8(14)12-11-13(10(15)7-16-11)9-5-3-2-4-6-9/h2-6H,7H2,1H3. The first-order chi connectivity index (χ1) is 7.68. The number of amidine groups is 1. The minimum atomic E-state index is -0.293. The first-order valence-electron chi connectivity index (χ1n) is 4.78. The van der Waals surface area contributed by atoms with Gasteiger partial charge in [0, 0.05) is 6.92 Å². The second kappa shape index (κ2) is 4.49. The van der Waals surface area contributed by atoms with E-state index in [0.29, 0.717) is 10.9 Å². The number of thioether (sulfide) groups is 1. The van der Waals surface area contributed by atoms with Crippen LogP contribution < -0.4 is 4.90 Å². The third kappa shape index (κ3) is 2.14. The van der Waals surface area contributed by atoms with Crippen molar-refractivity contribution in [2.75, 3.05) is 10.7 Å². The maximum atomic E-state index is 11.7. The minimum Gasteiger partial charge on any atom is -0.273 e. The Hall–Kier alpha value is -1.62. The second-order valence-electron chi connectivity index (χ2n) is 3.27. The van der Waals surface area contributed by atoms with Gasteiger partial charge in [0.2, 0.25) is 11.8 Å². The van der Waals surface area contributed by atoms with Crippen LogP contribution in [0.3, 0.4) is 0 Å². The van der Waals surface area contributed by atoms with Crippen LogP contribution in [0, 0.1) is 0 Å². The third-order valence-electron chi connectivity index (χ3n) is 2.03. The van der Waals surface area contributed by atoms with Gasteiger partial charge in [-0.15, -0.1) is 0 Å². The molecular formula is C11H10N2O2S. The molecule has 0 saturated carbocycles. The smallest absolute Gasteiger partial charge is 0.244 e. The van der Waals surface area contributed by atoms with Crippen molar-refractivity contribution in [3.8, 4) is 0 Å². The van der Waals surface area contributed by atoms with Crippen LogP contribution in [0.5, 0.6) is 0 Å². The Morgan fingerprint density at radius 2 is 2.06 bits per heavy atom. The normalized spacial score (nSPS) is 18.2. The van der Waals surface area contributed by atoms with E-state index in [0.717, 1.165) is 5.69 Å². The number of amides is 2. The maximum absolute atomic E-state index is 11.7. The zero-order valence-corrected chi connectivity index (χ0v) is 9.53. The summed E-state index contributed by atoms with van der Waals surface area (Å²) in [5, 5.41) is 0.462. The molecule has 1 aliphatic rings. The van der Waals surface area contributed by atoms with Crippen molar-refractivity contribution in [3.63, 3.8) is 0 Å². The van der Waals surface area contributed by atoms with Crippen molar-refractivity contribution < 1.29 is 9.59 Å². The van der Waals surface area contributed by atoms with E-state index in [2.05, 4.69) is 4.99 Å². The molecule has 5 heteroatoms. The van der Waals surface area contributed by atoms with Gasteiger partial charge in [0.15, 0.2) is 5.17 Å². The number of rotatable bonds is 1. The maximum Gasteiger partial charge on any atom is 0.244 e. The minimum absolute atomic E-state index is 0.0452. The zero-order chi connectivity index (χ0) is 11.5. The van der Waals surface area contributed by atoms with Crippen LogP contribution in [-0.2, 0) is 9.59 Å². The van der Waals surface area contributed by atoms with Crippen molar-refractivity contribution >= 4 is 34.4 Å². The highest BCUT2D eigenvalue weighted by Crippen LogP contribution is 2.26. The highest BCUT2D eigenvalue weighted by atomic mass is 32.2. The summed E-state index contributed by atoms with van der Waals surface area (Å²) >= 11 is 1.29. The van der Waals surface area contributed by atoms with Crippen LogP contribution in [0.25, 0.3) is 0 Å². The van der Waals surface area contributed by atoms with Crippen LogP contribution in [-0.4, -0.2) is 22.7 Å². The molecule has 0 radical (unpaired) electrons. The molecular weight excluding hydrogens is 224 g/mol. The summed E-state index contributed by atoms with van der Waals surface area (Å²) in [6.45, 7) is 1.37. The number of benzene rings is 1.